The Hall–Kier alpha value is -2.95. The largest absolute Gasteiger partial charge is 0.445 e. The van der Waals surface area contributed by atoms with Gasteiger partial charge in [-0.05, 0) is 17.7 Å². The van der Waals surface area contributed by atoms with Crippen LogP contribution in [0.2, 0.25) is 0 Å². The molecule has 1 N–H and O–H groups in total. The third-order valence-electron chi connectivity index (χ3n) is 4.65. The molecule has 0 aliphatic carbocycles. The zero-order valence-corrected chi connectivity index (χ0v) is 14.0. The lowest BCUT2D eigenvalue weighted by atomic mass is 10.2. The molecule has 1 aliphatic rings. The van der Waals surface area contributed by atoms with Gasteiger partial charge in [-0.15, -0.1) is 0 Å². The van der Waals surface area contributed by atoms with Crippen molar-refractivity contribution in [2.45, 2.75) is 6.61 Å². The third kappa shape index (κ3) is 3.31. The molecule has 5 heteroatoms. The van der Waals surface area contributed by atoms with Crippen molar-refractivity contribution in [1.29, 1.82) is 0 Å². The molecule has 1 aromatic heterocycles. The average Bonchev–Trinajstić information content (AvgIpc) is 3.16. The van der Waals surface area contributed by atoms with Gasteiger partial charge in [-0.3, -0.25) is 0 Å². The maximum absolute atomic E-state index is 12.3. The van der Waals surface area contributed by atoms with E-state index in [0.29, 0.717) is 19.7 Å². The van der Waals surface area contributed by atoms with Crippen molar-refractivity contribution in [3.05, 3.63) is 66.4 Å². The normalized spacial score (nSPS) is 14.7. The molecule has 3 aromatic rings. The topological polar surface area (TPSA) is 48.6 Å². The van der Waals surface area contributed by atoms with E-state index < -0.39 is 0 Å². The molecule has 2 aromatic carbocycles. The van der Waals surface area contributed by atoms with Crippen LogP contribution in [-0.4, -0.2) is 42.2 Å². The minimum Gasteiger partial charge on any atom is -0.445 e. The van der Waals surface area contributed by atoms with Crippen LogP contribution in [-0.2, 0) is 11.3 Å². The van der Waals surface area contributed by atoms with Crippen molar-refractivity contribution >= 4 is 22.7 Å². The van der Waals surface area contributed by atoms with Crippen molar-refractivity contribution in [3.63, 3.8) is 0 Å². The molecule has 0 bridgehead atoms. The average molecular weight is 335 g/mol. The van der Waals surface area contributed by atoms with Gasteiger partial charge in [0.15, 0.2) is 0 Å². The summed E-state index contributed by atoms with van der Waals surface area (Å²) in [4.78, 5) is 19.7. The van der Waals surface area contributed by atoms with Crippen molar-refractivity contribution in [3.8, 4) is 0 Å². The summed E-state index contributed by atoms with van der Waals surface area (Å²) in [6, 6.07) is 18.2. The number of nitrogens with one attached hydrogen (secondary N) is 1. The molecule has 128 valence electrons. The SMILES string of the molecule is O=C(OCc1ccccc1)N1CCN(c2cccc3cc[nH]c23)CC1. The summed E-state index contributed by atoms with van der Waals surface area (Å²) in [6.07, 6.45) is 1.73. The number of para-hydroxylation sites is 1. The first-order valence-electron chi connectivity index (χ1n) is 8.58. The zero-order valence-electron chi connectivity index (χ0n) is 14.0. The highest BCUT2D eigenvalue weighted by Gasteiger charge is 2.23. The van der Waals surface area contributed by atoms with Gasteiger partial charge in [-0.2, -0.15) is 0 Å². The highest BCUT2D eigenvalue weighted by Crippen LogP contribution is 2.26. The van der Waals surface area contributed by atoms with Crippen LogP contribution in [0.25, 0.3) is 10.9 Å². The van der Waals surface area contributed by atoms with E-state index in [9.17, 15) is 4.79 Å². The van der Waals surface area contributed by atoms with Crippen LogP contribution >= 0.6 is 0 Å². The smallest absolute Gasteiger partial charge is 0.410 e. The molecule has 1 amide bonds. The Bertz CT molecular complexity index is 852. The zero-order chi connectivity index (χ0) is 17.1. The van der Waals surface area contributed by atoms with Gasteiger partial charge in [0.25, 0.3) is 0 Å². The molecule has 0 saturated carbocycles. The molecule has 1 aliphatic heterocycles. The molecule has 2 heterocycles. The molecule has 25 heavy (non-hydrogen) atoms. The first kappa shape index (κ1) is 15.6. The number of ether oxygens (including phenoxy) is 1. The van der Waals surface area contributed by atoms with Gasteiger partial charge in [0.1, 0.15) is 6.61 Å². The Morgan fingerprint density at radius 2 is 1.76 bits per heavy atom. The van der Waals surface area contributed by atoms with Crippen LogP contribution in [0.15, 0.2) is 60.8 Å². The number of hydrogen-bond acceptors (Lipinski definition) is 3. The minimum absolute atomic E-state index is 0.235. The maximum Gasteiger partial charge on any atom is 0.410 e. The predicted octanol–water partition coefficient (Wildman–Crippen LogP) is 3.63. The molecular formula is C20H21N3O2. The van der Waals surface area contributed by atoms with E-state index in [1.54, 1.807) is 4.90 Å². The minimum atomic E-state index is -0.235. The number of aromatic amines is 1. The summed E-state index contributed by atoms with van der Waals surface area (Å²) in [7, 11) is 0. The first-order chi connectivity index (χ1) is 12.3. The number of nitrogens with zero attached hydrogens (tertiary/aromatic N) is 2. The van der Waals surface area contributed by atoms with Crippen LogP contribution in [0, 0.1) is 0 Å². The molecule has 1 fully saturated rings. The number of carbonyl (C=O) groups is 1. The molecule has 1 saturated heterocycles. The van der Waals surface area contributed by atoms with Crippen LogP contribution in [0.3, 0.4) is 0 Å². The fourth-order valence-electron chi connectivity index (χ4n) is 3.27. The van der Waals surface area contributed by atoms with E-state index in [2.05, 4.69) is 34.1 Å². The Morgan fingerprint density at radius 1 is 0.960 bits per heavy atom. The molecule has 0 unspecified atom stereocenters. The Balaban J connectivity index is 1.35. The Labute approximate surface area is 146 Å². The second-order valence-electron chi connectivity index (χ2n) is 6.23. The van der Waals surface area contributed by atoms with Gasteiger partial charge < -0.3 is 19.5 Å². The summed E-state index contributed by atoms with van der Waals surface area (Å²) in [5.74, 6) is 0. The molecule has 0 spiro atoms. The van der Waals surface area contributed by atoms with Gasteiger partial charge in [-0.1, -0.05) is 42.5 Å². The Kier molecular flexibility index (Phi) is 4.29. The van der Waals surface area contributed by atoms with Crippen molar-refractivity contribution in [1.82, 2.24) is 9.88 Å². The predicted molar refractivity (Wildman–Crippen MR) is 98.7 cm³/mol. The second kappa shape index (κ2) is 6.89. The van der Waals surface area contributed by atoms with Crippen molar-refractivity contribution in [2.75, 3.05) is 31.1 Å². The summed E-state index contributed by atoms with van der Waals surface area (Å²) >= 11 is 0. The number of fused-ring (bicyclic) bond motifs is 1. The lowest BCUT2D eigenvalue weighted by Gasteiger charge is -2.35. The Morgan fingerprint density at radius 3 is 2.56 bits per heavy atom. The number of anilines is 1. The number of amides is 1. The number of hydrogen-bond donors (Lipinski definition) is 1. The number of piperazine rings is 1. The highest BCUT2D eigenvalue weighted by atomic mass is 16.6. The van der Waals surface area contributed by atoms with E-state index in [0.717, 1.165) is 24.2 Å². The molecular weight excluding hydrogens is 314 g/mol. The monoisotopic (exact) mass is 335 g/mol. The van der Waals surface area contributed by atoms with Crippen LogP contribution in [0.5, 0.6) is 0 Å². The fraction of sp³-hybridized carbons (Fsp3) is 0.250. The summed E-state index contributed by atoms with van der Waals surface area (Å²) in [5.41, 5.74) is 3.36. The van der Waals surface area contributed by atoms with Crippen LogP contribution in [0.4, 0.5) is 10.5 Å². The van der Waals surface area contributed by atoms with Crippen molar-refractivity contribution < 1.29 is 9.53 Å². The van der Waals surface area contributed by atoms with E-state index in [4.69, 9.17) is 4.74 Å². The standard InChI is InChI=1S/C20H21N3O2/c24-20(25-15-16-5-2-1-3-6-16)23-13-11-22(12-14-23)18-8-4-7-17-9-10-21-19(17)18/h1-10,21H,11-15H2. The molecule has 4 rings (SSSR count). The number of aromatic nitrogens is 1. The van der Waals surface area contributed by atoms with Gasteiger partial charge in [-0.25, -0.2) is 4.79 Å². The number of H-pyrrole nitrogens is 1. The number of carbonyl (C=O) groups excluding carboxylic acids is 1. The highest BCUT2D eigenvalue weighted by molar-refractivity contribution is 5.91. The van der Waals surface area contributed by atoms with E-state index in [-0.39, 0.29) is 6.09 Å². The van der Waals surface area contributed by atoms with E-state index in [1.165, 1.54) is 11.1 Å². The molecule has 0 atom stereocenters. The van der Waals surface area contributed by atoms with Gasteiger partial charge in [0.05, 0.1) is 11.2 Å². The summed E-state index contributed by atoms with van der Waals surface area (Å²) in [5, 5.41) is 1.21. The second-order valence-corrected chi connectivity index (χ2v) is 6.23. The third-order valence-corrected chi connectivity index (χ3v) is 4.65. The number of rotatable bonds is 3. The summed E-state index contributed by atoms with van der Waals surface area (Å²) in [6.45, 7) is 3.27. The fourth-order valence-corrected chi connectivity index (χ4v) is 3.27. The quantitative estimate of drug-likeness (QED) is 0.795. The van der Waals surface area contributed by atoms with Gasteiger partial charge >= 0.3 is 6.09 Å². The molecule has 5 nitrogen and oxygen atoms in total. The lowest BCUT2D eigenvalue weighted by molar-refractivity contribution is 0.0942. The van der Waals surface area contributed by atoms with Crippen LogP contribution < -0.4 is 4.90 Å². The van der Waals surface area contributed by atoms with E-state index >= 15 is 0 Å². The van der Waals surface area contributed by atoms with Crippen molar-refractivity contribution in [2.24, 2.45) is 0 Å². The first-order valence-corrected chi connectivity index (χ1v) is 8.58. The van der Waals surface area contributed by atoms with Gasteiger partial charge in [0, 0.05) is 37.8 Å². The lowest BCUT2D eigenvalue weighted by Crippen LogP contribution is -2.49. The maximum atomic E-state index is 12.3. The number of benzene rings is 2. The van der Waals surface area contributed by atoms with E-state index in [1.807, 2.05) is 36.5 Å². The summed E-state index contributed by atoms with van der Waals surface area (Å²) < 4.78 is 5.43. The van der Waals surface area contributed by atoms with Crippen LogP contribution in [0.1, 0.15) is 5.56 Å². The molecule has 0 radical (unpaired) electrons. The van der Waals surface area contributed by atoms with Gasteiger partial charge in [0.2, 0.25) is 0 Å².